The molecule has 2 aliphatic rings. The highest BCUT2D eigenvalue weighted by atomic mass is 32.2. The van der Waals surface area contributed by atoms with Crippen LogP contribution in [0.3, 0.4) is 0 Å². The minimum atomic E-state index is -4.59. The van der Waals surface area contributed by atoms with Gasteiger partial charge in [0.05, 0.1) is 18.4 Å². The van der Waals surface area contributed by atoms with Gasteiger partial charge < -0.3 is 10.5 Å². The molecular formula is C15H22F3N3O2S2. The molecular weight excluding hydrogens is 375 g/mol. The van der Waals surface area contributed by atoms with Gasteiger partial charge in [-0.15, -0.1) is 23.5 Å². The fourth-order valence-electron chi connectivity index (χ4n) is 3.26. The lowest BCUT2D eigenvalue weighted by Gasteiger charge is -2.36. The van der Waals surface area contributed by atoms with Gasteiger partial charge in [0.1, 0.15) is 9.91 Å². The van der Waals surface area contributed by atoms with Crippen LogP contribution in [-0.4, -0.2) is 65.7 Å². The number of esters is 1. The number of nitrogens with two attached hydrogens (primary N) is 1. The molecule has 142 valence electrons. The minimum absolute atomic E-state index is 0.0160. The van der Waals surface area contributed by atoms with Crippen molar-refractivity contribution in [1.82, 2.24) is 4.90 Å². The molecule has 0 aliphatic carbocycles. The van der Waals surface area contributed by atoms with Crippen LogP contribution in [-0.2, 0) is 9.53 Å². The summed E-state index contributed by atoms with van der Waals surface area (Å²) in [6.07, 6.45) is -3.73. The van der Waals surface area contributed by atoms with Crippen molar-refractivity contribution in [2.45, 2.75) is 17.3 Å². The van der Waals surface area contributed by atoms with Crippen LogP contribution in [0.5, 0.6) is 0 Å². The summed E-state index contributed by atoms with van der Waals surface area (Å²) < 4.78 is 43.7. The Balaban J connectivity index is 2.44. The van der Waals surface area contributed by atoms with Crippen LogP contribution in [0, 0.1) is 11.8 Å². The Morgan fingerprint density at radius 3 is 2.52 bits per heavy atom. The van der Waals surface area contributed by atoms with Gasteiger partial charge >= 0.3 is 12.1 Å². The maximum Gasteiger partial charge on any atom is 0.432 e. The summed E-state index contributed by atoms with van der Waals surface area (Å²) in [4.78, 5) is 17.7. The third-order valence-electron chi connectivity index (χ3n) is 4.28. The first-order chi connectivity index (χ1) is 11.7. The van der Waals surface area contributed by atoms with Gasteiger partial charge in [-0.05, 0) is 20.0 Å². The van der Waals surface area contributed by atoms with Gasteiger partial charge in [0.15, 0.2) is 0 Å². The SMILES string of the molecule is CCOC(=O)[C@H]1CN(C)C2(SCCS2)[C@@H]1C(N)=CC(=NC)C(F)(F)F. The zero-order valence-electron chi connectivity index (χ0n) is 14.3. The molecule has 25 heavy (non-hydrogen) atoms. The lowest BCUT2D eigenvalue weighted by atomic mass is 9.91. The number of alkyl halides is 3. The molecule has 2 heterocycles. The standard InChI is InChI=1S/C15H22F3N3O2S2/c1-4-23-13(22)9-8-21(3)15(24-5-6-25-15)12(9)10(19)7-11(20-2)14(16,17)18/h7,9,12H,4-6,8,19H2,1-3H3/t9-,12-/m0/s1. The quantitative estimate of drug-likeness (QED) is 0.580. The summed E-state index contributed by atoms with van der Waals surface area (Å²) in [6.45, 7) is 2.31. The summed E-state index contributed by atoms with van der Waals surface area (Å²) in [6, 6.07) is 0. The number of likely N-dealkylation sites (tertiary alicyclic amines) is 1. The third kappa shape index (κ3) is 3.95. The Bertz CT molecular complexity index is 575. The van der Waals surface area contributed by atoms with Gasteiger partial charge in [-0.1, -0.05) is 0 Å². The van der Waals surface area contributed by atoms with Crippen LogP contribution in [0.1, 0.15) is 6.92 Å². The Kier molecular flexibility index (Phi) is 6.37. The van der Waals surface area contributed by atoms with Gasteiger partial charge in [-0.25, -0.2) is 0 Å². The second-order valence-corrected chi connectivity index (χ2v) is 8.69. The third-order valence-corrected chi connectivity index (χ3v) is 8.02. The first kappa shape index (κ1) is 20.4. The number of ether oxygens (including phenoxy) is 1. The first-order valence-electron chi connectivity index (χ1n) is 7.84. The molecule has 0 aromatic carbocycles. The molecule has 0 saturated carbocycles. The molecule has 5 nitrogen and oxygen atoms in total. The highest BCUT2D eigenvalue weighted by Gasteiger charge is 2.58. The highest BCUT2D eigenvalue weighted by molar-refractivity contribution is 8.21. The van der Waals surface area contributed by atoms with Crippen molar-refractivity contribution in [2.24, 2.45) is 22.6 Å². The normalized spacial score (nSPS) is 27.9. The monoisotopic (exact) mass is 397 g/mol. The summed E-state index contributed by atoms with van der Waals surface area (Å²) in [5, 5.41) is 0. The van der Waals surface area contributed by atoms with Crippen molar-refractivity contribution in [3.05, 3.63) is 11.8 Å². The zero-order valence-corrected chi connectivity index (χ0v) is 15.9. The predicted octanol–water partition coefficient (Wildman–Crippen LogP) is 2.34. The van der Waals surface area contributed by atoms with Crippen LogP contribution in [0.25, 0.3) is 0 Å². The van der Waals surface area contributed by atoms with E-state index >= 15 is 0 Å². The zero-order chi connectivity index (χ0) is 18.8. The molecule has 0 aromatic rings. The van der Waals surface area contributed by atoms with Gasteiger partial charge in [-0.2, -0.15) is 13.2 Å². The van der Waals surface area contributed by atoms with Crippen LogP contribution in [0.4, 0.5) is 13.2 Å². The lowest BCUT2D eigenvalue weighted by Crippen LogP contribution is -2.41. The van der Waals surface area contributed by atoms with E-state index in [0.29, 0.717) is 6.54 Å². The van der Waals surface area contributed by atoms with Crippen molar-refractivity contribution in [2.75, 3.05) is 38.8 Å². The molecule has 10 heteroatoms. The van der Waals surface area contributed by atoms with E-state index in [4.69, 9.17) is 10.5 Å². The van der Waals surface area contributed by atoms with Crippen LogP contribution < -0.4 is 5.73 Å². The van der Waals surface area contributed by atoms with Crippen LogP contribution in [0.15, 0.2) is 16.8 Å². The molecule has 0 amide bonds. The van der Waals surface area contributed by atoms with E-state index in [-0.39, 0.29) is 12.3 Å². The van der Waals surface area contributed by atoms with Crippen LogP contribution >= 0.6 is 23.5 Å². The molecule has 2 saturated heterocycles. The van der Waals surface area contributed by atoms with Crippen molar-refractivity contribution < 1.29 is 22.7 Å². The summed E-state index contributed by atoms with van der Waals surface area (Å²) in [5.74, 6) is 0.0893. The molecule has 2 atom stereocenters. The number of carbonyl (C=O) groups is 1. The van der Waals surface area contributed by atoms with Gasteiger partial charge in [0.25, 0.3) is 0 Å². The molecule has 2 N–H and O–H groups in total. The Morgan fingerprint density at radius 1 is 1.44 bits per heavy atom. The number of hydrogen-bond acceptors (Lipinski definition) is 7. The topological polar surface area (TPSA) is 67.9 Å². The molecule has 0 radical (unpaired) electrons. The molecule has 2 aliphatic heterocycles. The van der Waals surface area contributed by atoms with E-state index in [0.717, 1.165) is 24.6 Å². The Hall–Kier alpha value is -0.870. The number of aliphatic imine (C=N–C) groups is 1. The summed E-state index contributed by atoms with van der Waals surface area (Å²) in [5.41, 5.74) is 5.08. The van der Waals surface area contributed by atoms with Gasteiger partial charge in [-0.3, -0.25) is 14.7 Å². The van der Waals surface area contributed by atoms with Crippen molar-refractivity contribution in [1.29, 1.82) is 0 Å². The fourth-order valence-corrected chi connectivity index (χ4v) is 6.90. The number of halogens is 3. The van der Waals surface area contributed by atoms with E-state index in [9.17, 15) is 18.0 Å². The molecule has 0 bridgehead atoms. The van der Waals surface area contributed by atoms with Crippen LogP contribution in [0.2, 0.25) is 0 Å². The second kappa shape index (κ2) is 7.79. The molecule has 0 unspecified atom stereocenters. The Labute approximate surface area is 153 Å². The molecule has 1 spiro atoms. The Morgan fingerprint density at radius 2 is 2.04 bits per heavy atom. The highest BCUT2D eigenvalue weighted by Crippen LogP contribution is 2.58. The first-order valence-corrected chi connectivity index (χ1v) is 9.81. The van der Waals surface area contributed by atoms with E-state index < -0.39 is 33.9 Å². The molecule has 0 aromatic heterocycles. The van der Waals surface area contributed by atoms with Crippen molar-refractivity contribution >= 4 is 35.2 Å². The average Bonchev–Trinajstić information content (AvgIpc) is 3.11. The smallest absolute Gasteiger partial charge is 0.432 e. The minimum Gasteiger partial charge on any atom is -0.466 e. The van der Waals surface area contributed by atoms with Gasteiger partial charge in [0.2, 0.25) is 0 Å². The number of thioether (sulfide) groups is 2. The van der Waals surface area contributed by atoms with E-state index in [1.54, 1.807) is 30.4 Å². The number of rotatable bonds is 4. The number of nitrogens with zero attached hydrogens (tertiary/aromatic N) is 2. The summed E-state index contributed by atoms with van der Waals surface area (Å²) >= 11 is 3.23. The maximum absolute atomic E-state index is 13.0. The van der Waals surface area contributed by atoms with Gasteiger partial charge in [0, 0.05) is 30.8 Å². The summed E-state index contributed by atoms with van der Waals surface area (Å²) in [7, 11) is 2.94. The second-order valence-electron chi connectivity index (χ2n) is 5.80. The fraction of sp³-hybridized carbons (Fsp3) is 0.733. The molecule has 2 rings (SSSR count). The lowest BCUT2D eigenvalue weighted by molar-refractivity contribution is -0.148. The van der Waals surface area contributed by atoms with Crippen molar-refractivity contribution in [3.8, 4) is 0 Å². The van der Waals surface area contributed by atoms with E-state index in [1.807, 2.05) is 11.9 Å². The number of carbonyl (C=O) groups excluding carboxylic acids is 1. The van der Waals surface area contributed by atoms with E-state index in [2.05, 4.69) is 4.99 Å². The number of allylic oxidation sites excluding steroid dienone is 1. The largest absolute Gasteiger partial charge is 0.466 e. The maximum atomic E-state index is 13.0. The number of hydrogen-bond donors (Lipinski definition) is 1. The predicted molar refractivity (Wildman–Crippen MR) is 95.6 cm³/mol. The average molecular weight is 397 g/mol. The van der Waals surface area contributed by atoms with Crippen molar-refractivity contribution in [3.63, 3.8) is 0 Å². The molecule has 2 fully saturated rings. The van der Waals surface area contributed by atoms with E-state index in [1.165, 1.54) is 0 Å².